The molecule has 1 N–H and O–H groups in total. The van der Waals surface area contributed by atoms with Gasteiger partial charge in [0.25, 0.3) is 0 Å². The summed E-state index contributed by atoms with van der Waals surface area (Å²) in [5, 5.41) is 7.20. The van der Waals surface area contributed by atoms with Crippen LogP contribution in [0.15, 0.2) is 34.5 Å². The molecule has 0 amide bonds. The summed E-state index contributed by atoms with van der Waals surface area (Å²) in [6, 6.07) is 0. The Balaban J connectivity index is 1.66. The molecule has 0 atom stereocenters. The van der Waals surface area contributed by atoms with E-state index >= 15 is 0 Å². The number of hydrogen-bond acceptors (Lipinski definition) is 4. The number of hydrogen-bond donors (Lipinski definition) is 1. The molecule has 4 rings (SSSR count). The highest BCUT2D eigenvalue weighted by molar-refractivity contribution is 7.80. The second kappa shape index (κ2) is 6.37. The van der Waals surface area contributed by atoms with Gasteiger partial charge in [0.2, 0.25) is 0 Å². The van der Waals surface area contributed by atoms with Crippen molar-refractivity contribution < 1.29 is 0 Å². The lowest BCUT2D eigenvalue weighted by Gasteiger charge is -2.33. The molecule has 0 spiro atoms. The molecule has 1 saturated heterocycles. The van der Waals surface area contributed by atoms with Gasteiger partial charge in [-0.25, -0.2) is 4.99 Å². The summed E-state index contributed by atoms with van der Waals surface area (Å²) in [5.74, 6) is 0. The summed E-state index contributed by atoms with van der Waals surface area (Å²) in [6.45, 7) is 5.55. The van der Waals surface area contributed by atoms with E-state index in [1.165, 1.54) is 0 Å². The van der Waals surface area contributed by atoms with Gasteiger partial charge in [-0.3, -0.25) is 14.8 Å². The van der Waals surface area contributed by atoms with E-state index < -0.39 is 0 Å². The van der Waals surface area contributed by atoms with E-state index in [0.29, 0.717) is 5.11 Å². The number of aromatic nitrogens is 2. The summed E-state index contributed by atoms with van der Waals surface area (Å²) < 4.78 is 4.34. The smallest absolute Gasteiger partial charge is 0.189 e. The van der Waals surface area contributed by atoms with Crippen LogP contribution in [0.3, 0.4) is 0 Å². The molecule has 0 bridgehead atoms. The first-order valence-corrected chi connectivity index (χ1v) is 8.61. The first kappa shape index (κ1) is 15.3. The van der Waals surface area contributed by atoms with E-state index in [9.17, 15) is 0 Å². The van der Waals surface area contributed by atoms with Crippen LogP contribution in [0.2, 0.25) is 0 Å². The summed E-state index contributed by atoms with van der Waals surface area (Å²) in [4.78, 5) is 8.99. The highest BCUT2D eigenvalue weighted by Gasteiger charge is 2.16. The Kier molecular flexibility index (Phi) is 4.07. The molecule has 1 aromatic rings. The van der Waals surface area contributed by atoms with E-state index in [2.05, 4.69) is 60.0 Å². The Hall–Kier alpha value is -2.19. The molecule has 7 nitrogen and oxygen atoms in total. The number of allylic oxidation sites excluding steroid dienone is 3. The molecule has 24 heavy (non-hydrogen) atoms. The zero-order chi connectivity index (χ0) is 16.5. The zero-order valence-electron chi connectivity index (χ0n) is 13.7. The normalized spacial score (nSPS) is 20.2. The molecule has 0 saturated carbocycles. The summed E-state index contributed by atoms with van der Waals surface area (Å²) in [6.07, 6.45) is 10.2. The fourth-order valence-electron chi connectivity index (χ4n) is 3.16. The fraction of sp³-hybridized carbons (Fsp3) is 0.438. The maximum Gasteiger partial charge on any atom is 0.189 e. The lowest BCUT2D eigenvalue weighted by Crippen LogP contribution is -2.50. The van der Waals surface area contributed by atoms with Gasteiger partial charge in [-0.15, -0.1) is 0 Å². The van der Waals surface area contributed by atoms with Crippen molar-refractivity contribution >= 4 is 23.4 Å². The number of likely N-dealkylation sites (N-methyl/N-ethyl adjacent to an activating group) is 1. The van der Waals surface area contributed by atoms with Crippen LogP contribution in [-0.4, -0.2) is 57.5 Å². The van der Waals surface area contributed by atoms with Crippen LogP contribution >= 0.6 is 12.2 Å². The molecular formula is C16H21N7S. The van der Waals surface area contributed by atoms with Gasteiger partial charge in [0.05, 0.1) is 18.4 Å². The molecule has 3 aliphatic rings. The van der Waals surface area contributed by atoms with E-state index in [0.717, 1.165) is 55.5 Å². The second-order valence-corrected chi connectivity index (χ2v) is 6.54. The van der Waals surface area contributed by atoms with Crippen molar-refractivity contribution in [1.82, 2.24) is 24.6 Å². The number of rotatable bonds is 1. The van der Waals surface area contributed by atoms with Crippen molar-refractivity contribution in [1.29, 1.82) is 0 Å². The van der Waals surface area contributed by atoms with Gasteiger partial charge in [0.1, 0.15) is 0 Å². The maximum atomic E-state index is 5.52. The van der Waals surface area contributed by atoms with Gasteiger partial charge < -0.3 is 9.80 Å². The van der Waals surface area contributed by atoms with Crippen molar-refractivity contribution in [2.45, 2.75) is 13.1 Å². The Morgan fingerprint density at radius 1 is 1.17 bits per heavy atom. The maximum absolute atomic E-state index is 5.52. The predicted octanol–water partition coefficient (Wildman–Crippen LogP) is -1.28. The molecular weight excluding hydrogens is 322 g/mol. The first-order chi connectivity index (χ1) is 11.7. The largest absolute Gasteiger partial charge is 0.345 e. The molecule has 4 heterocycles. The lowest BCUT2D eigenvalue weighted by molar-refractivity contribution is 0.214. The van der Waals surface area contributed by atoms with Gasteiger partial charge in [0.15, 0.2) is 16.0 Å². The molecule has 1 fully saturated rings. The highest BCUT2D eigenvalue weighted by Crippen LogP contribution is 1.99. The molecule has 0 radical (unpaired) electrons. The van der Waals surface area contributed by atoms with Crippen LogP contribution in [0.25, 0.3) is 6.08 Å². The standard InChI is InChI=1S/C16H21N7S/c1-20-9-11-21(12-10-20)16(24)19-18-14-13-5-2-3-7-22(13)23-8-4-6-17-15(14)23/h2-6H,7-12H2,1H3,(H,19,24)/b18-14-. The minimum absolute atomic E-state index is 0.680. The third kappa shape index (κ3) is 2.71. The fourth-order valence-corrected chi connectivity index (χ4v) is 3.39. The average molecular weight is 343 g/mol. The molecule has 8 heteroatoms. The Labute approximate surface area is 145 Å². The number of nitrogens with one attached hydrogen (secondary N) is 1. The minimum atomic E-state index is 0.680. The lowest BCUT2D eigenvalue weighted by atomic mass is 10.3. The van der Waals surface area contributed by atoms with Crippen LogP contribution in [0.4, 0.5) is 0 Å². The van der Waals surface area contributed by atoms with Gasteiger partial charge in [-0.2, -0.15) is 5.10 Å². The molecule has 3 aliphatic heterocycles. The third-order valence-corrected chi connectivity index (χ3v) is 4.92. The van der Waals surface area contributed by atoms with E-state index in [4.69, 9.17) is 12.2 Å². The predicted molar refractivity (Wildman–Crippen MR) is 96.3 cm³/mol. The Morgan fingerprint density at radius 2 is 1.96 bits per heavy atom. The van der Waals surface area contributed by atoms with Crippen molar-refractivity contribution in [3.63, 3.8) is 0 Å². The second-order valence-electron chi connectivity index (χ2n) is 6.15. The molecule has 0 aromatic carbocycles. The summed E-state index contributed by atoms with van der Waals surface area (Å²) >= 11 is 5.52. The average Bonchev–Trinajstić information content (AvgIpc) is 2.94. The number of thiocarbonyl (C=S) groups is 1. The monoisotopic (exact) mass is 343 g/mol. The molecule has 0 aliphatic carbocycles. The summed E-state index contributed by atoms with van der Waals surface area (Å²) in [5.41, 5.74) is 3.95. The highest BCUT2D eigenvalue weighted by atomic mass is 32.1. The van der Waals surface area contributed by atoms with Crippen molar-refractivity contribution in [2.75, 3.05) is 33.2 Å². The van der Waals surface area contributed by atoms with Crippen molar-refractivity contribution in [3.05, 3.63) is 40.6 Å². The minimum Gasteiger partial charge on any atom is -0.345 e. The van der Waals surface area contributed by atoms with E-state index in [-0.39, 0.29) is 0 Å². The number of piperazine rings is 1. The van der Waals surface area contributed by atoms with Gasteiger partial charge >= 0.3 is 0 Å². The topological polar surface area (TPSA) is 53.1 Å². The van der Waals surface area contributed by atoms with Crippen molar-refractivity contribution in [3.8, 4) is 0 Å². The zero-order valence-corrected chi connectivity index (χ0v) is 14.5. The molecule has 126 valence electrons. The van der Waals surface area contributed by atoms with Gasteiger partial charge in [-0.1, -0.05) is 12.2 Å². The van der Waals surface area contributed by atoms with Gasteiger partial charge in [-0.05, 0) is 31.4 Å². The quantitative estimate of drug-likeness (QED) is 0.510. The van der Waals surface area contributed by atoms with Crippen LogP contribution in [-0.2, 0) is 13.1 Å². The SMILES string of the molecule is CN1CCN(C(=S)N/N=c2/c3n(n4c2=NC=CC4)CC=CC=3)CC1. The first-order valence-electron chi connectivity index (χ1n) is 8.20. The van der Waals surface area contributed by atoms with Crippen LogP contribution < -0.4 is 21.6 Å². The summed E-state index contributed by atoms with van der Waals surface area (Å²) in [7, 11) is 2.13. The third-order valence-electron chi connectivity index (χ3n) is 4.57. The van der Waals surface area contributed by atoms with Crippen LogP contribution in [0.1, 0.15) is 0 Å². The molecule has 0 unspecified atom stereocenters. The number of fused-ring (bicyclic) bond motifs is 3. The Bertz CT molecular complexity index is 842. The molecule has 1 aromatic heterocycles. The Morgan fingerprint density at radius 3 is 2.79 bits per heavy atom. The van der Waals surface area contributed by atoms with E-state index in [1.807, 2.05) is 12.3 Å². The van der Waals surface area contributed by atoms with Crippen LogP contribution in [0.5, 0.6) is 0 Å². The van der Waals surface area contributed by atoms with Gasteiger partial charge in [0, 0.05) is 32.4 Å². The van der Waals surface area contributed by atoms with E-state index in [1.54, 1.807) is 0 Å². The number of nitrogens with zero attached hydrogens (tertiary/aromatic N) is 6. The van der Waals surface area contributed by atoms with Crippen LogP contribution in [0, 0.1) is 0 Å². The van der Waals surface area contributed by atoms with Crippen molar-refractivity contribution in [2.24, 2.45) is 10.1 Å².